The van der Waals surface area contributed by atoms with E-state index in [-0.39, 0.29) is 16.9 Å². The zero-order valence-electron chi connectivity index (χ0n) is 16.3. The lowest BCUT2D eigenvalue weighted by molar-refractivity contribution is 0.0993. The fourth-order valence-electron chi connectivity index (χ4n) is 2.63. The molecular formula is C20H19FN2O5S. The van der Waals surface area contributed by atoms with E-state index in [0.717, 1.165) is 11.8 Å². The third-order valence-corrected chi connectivity index (χ3v) is 5.03. The number of ether oxygens (including phenoxy) is 3. The monoisotopic (exact) mass is 418 g/mol. The molecule has 29 heavy (non-hydrogen) atoms. The Labute approximate surface area is 171 Å². The summed E-state index contributed by atoms with van der Waals surface area (Å²) in [6, 6.07) is 8.78. The number of hydrogen-bond donors (Lipinski definition) is 0. The molecule has 0 saturated heterocycles. The molecule has 0 aliphatic carbocycles. The van der Waals surface area contributed by atoms with E-state index in [0.29, 0.717) is 28.4 Å². The van der Waals surface area contributed by atoms with Crippen LogP contribution < -0.4 is 14.2 Å². The molecule has 0 saturated carbocycles. The number of Topliss-reactive ketones (excluding diaryl/α,β-unsaturated/α-hetero) is 1. The number of carbonyl (C=O) groups is 1. The predicted octanol–water partition coefficient (Wildman–Crippen LogP) is 4.27. The standard InChI is InChI=1S/C20H19FN2O5S/c1-11(17(24)12-5-7-14(21)8-6-12)29-20-23-22-19(28-20)13-9-15(25-2)18(27-4)16(10-13)26-3/h5-11H,1-4H3/t11-/m0/s1. The number of hydrogen-bond acceptors (Lipinski definition) is 8. The second-order valence-corrected chi connectivity index (χ2v) is 7.21. The Kier molecular flexibility index (Phi) is 6.38. The van der Waals surface area contributed by atoms with Crippen LogP contribution in [0.15, 0.2) is 46.0 Å². The van der Waals surface area contributed by atoms with Crippen molar-refractivity contribution in [2.75, 3.05) is 21.3 Å². The molecule has 1 heterocycles. The van der Waals surface area contributed by atoms with Crippen LogP contribution in [-0.4, -0.2) is 42.6 Å². The van der Waals surface area contributed by atoms with Crippen LogP contribution in [0.25, 0.3) is 11.5 Å². The van der Waals surface area contributed by atoms with E-state index < -0.39 is 11.1 Å². The summed E-state index contributed by atoms with van der Waals surface area (Å²) in [7, 11) is 4.54. The van der Waals surface area contributed by atoms with Crippen molar-refractivity contribution in [3.8, 4) is 28.7 Å². The molecule has 0 bridgehead atoms. The van der Waals surface area contributed by atoms with Gasteiger partial charge in [-0.1, -0.05) is 11.8 Å². The molecule has 2 aromatic carbocycles. The minimum Gasteiger partial charge on any atom is -0.493 e. The second-order valence-electron chi connectivity index (χ2n) is 5.92. The van der Waals surface area contributed by atoms with E-state index in [2.05, 4.69) is 10.2 Å². The quantitative estimate of drug-likeness (QED) is 0.396. The van der Waals surface area contributed by atoms with Crippen LogP contribution in [0.1, 0.15) is 17.3 Å². The van der Waals surface area contributed by atoms with Crippen LogP contribution in [0.2, 0.25) is 0 Å². The first-order valence-corrected chi connectivity index (χ1v) is 9.45. The van der Waals surface area contributed by atoms with Crippen LogP contribution in [0.3, 0.4) is 0 Å². The Balaban J connectivity index is 1.80. The largest absolute Gasteiger partial charge is 0.493 e. The van der Waals surface area contributed by atoms with Crippen LogP contribution in [-0.2, 0) is 0 Å². The molecule has 0 aliphatic rings. The molecule has 0 radical (unpaired) electrons. The highest BCUT2D eigenvalue weighted by molar-refractivity contribution is 8.00. The maximum Gasteiger partial charge on any atom is 0.277 e. The maximum absolute atomic E-state index is 13.0. The number of nitrogens with zero attached hydrogens (tertiary/aromatic N) is 2. The van der Waals surface area contributed by atoms with E-state index >= 15 is 0 Å². The molecule has 9 heteroatoms. The first kappa shape index (κ1) is 20.7. The van der Waals surface area contributed by atoms with Crippen molar-refractivity contribution in [3.05, 3.63) is 47.8 Å². The van der Waals surface area contributed by atoms with E-state index in [9.17, 15) is 9.18 Å². The third kappa shape index (κ3) is 4.51. The van der Waals surface area contributed by atoms with Crippen molar-refractivity contribution in [3.63, 3.8) is 0 Å². The molecule has 7 nitrogen and oxygen atoms in total. The summed E-state index contributed by atoms with van der Waals surface area (Å²) in [5.41, 5.74) is 0.993. The SMILES string of the molecule is COc1cc(-c2nnc(S[C@@H](C)C(=O)c3ccc(F)cc3)o2)cc(OC)c1OC. The molecule has 3 aromatic rings. The highest BCUT2D eigenvalue weighted by atomic mass is 32.2. The average molecular weight is 418 g/mol. The van der Waals surface area contributed by atoms with E-state index in [1.165, 1.54) is 45.6 Å². The Bertz CT molecular complexity index is 981. The smallest absolute Gasteiger partial charge is 0.277 e. The Hall–Kier alpha value is -3.07. The number of carbonyl (C=O) groups excluding carboxylic acids is 1. The van der Waals surface area contributed by atoms with Gasteiger partial charge in [0.15, 0.2) is 17.3 Å². The van der Waals surface area contributed by atoms with Gasteiger partial charge in [-0.05, 0) is 43.3 Å². The van der Waals surface area contributed by atoms with Crippen molar-refractivity contribution in [2.45, 2.75) is 17.4 Å². The summed E-state index contributed by atoms with van der Waals surface area (Å²) in [6.45, 7) is 1.72. The molecule has 152 valence electrons. The molecule has 0 amide bonds. The Morgan fingerprint density at radius 1 is 1.03 bits per heavy atom. The van der Waals surface area contributed by atoms with Gasteiger partial charge in [0.1, 0.15) is 5.82 Å². The first-order chi connectivity index (χ1) is 14.0. The minimum absolute atomic E-state index is 0.164. The van der Waals surface area contributed by atoms with Gasteiger partial charge < -0.3 is 18.6 Å². The van der Waals surface area contributed by atoms with Crippen molar-refractivity contribution in [2.24, 2.45) is 0 Å². The van der Waals surface area contributed by atoms with Crippen molar-refractivity contribution in [1.82, 2.24) is 10.2 Å². The number of halogens is 1. The minimum atomic E-state index is -0.492. The van der Waals surface area contributed by atoms with E-state index in [1.807, 2.05) is 0 Å². The first-order valence-electron chi connectivity index (χ1n) is 8.57. The van der Waals surface area contributed by atoms with Gasteiger partial charge in [0.25, 0.3) is 5.22 Å². The summed E-state index contributed by atoms with van der Waals surface area (Å²) in [5, 5.41) is 7.78. The van der Waals surface area contributed by atoms with E-state index in [4.69, 9.17) is 18.6 Å². The number of ketones is 1. The lowest BCUT2D eigenvalue weighted by Gasteiger charge is -2.12. The van der Waals surface area contributed by atoms with Crippen LogP contribution >= 0.6 is 11.8 Å². The number of thioether (sulfide) groups is 1. The fraction of sp³-hybridized carbons (Fsp3) is 0.250. The lowest BCUT2D eigenvalue weighted by Crippen LogP contribution is -2.13. The molecule has 0 unspecified atom stereocenters. The summed E-state index contributed by atoms with van der Waals surface area (Å²) < 4.78 is 34.7. The number of aromatic nitrogens is 2. The zero-order valence-corrected chi connectivity index (χ0v) is 17.1. The molecule has 3 rings (SSSR count). The normalized spacial score (nSPS) is 11.8. The molecule has 0 fully saturated rings. The number of benzene rings is 2. The highest BCUT2D eigenvalue weighted by Gasteiger charge is 2.21. The van der Waals surface area contributed by atoms with Crippen LogP contribution in [0.5, 0.6) is 17.2 Å². The van der Waals surface area contributed by atoms with Crippen LogP contribution in [0.4, 0.5) is 4.39 Å². The van der Waals surface area contributed by atoms with Gasteiger partial charge in [-0.25, -0.2) is 4.39 Å². The van der Waals surface area contributed by atoms with Gasteiger partial charge in [0, 0.05) is 11.1 Å². The summed E-state index contributed by atoms with van der Waals surface area (Å²) in [6.07, 6.45) is 0. The van der Waals surface area contributed by atoms with Crippen molar-refractivity contribution >= 4 is 17.5 Å². The molecule has 1 aromatic heterocycles. The van der Waals surface area contributed by atoms with Gasteiger partial charge in [-0.2, -0.15) is 0 Å². The number of methoxy groups -OCH3 is 3. The summed E-state index contributed by atoms with van der Waals surface area (Å²) in [5.74, 6) is 1.04. The lowest BCUT2D eigenvalue weighted by atomic mass is 10.1. The summed E-state index contributed by atoms with van der Waals surface area (Å²) in [4.78, 5) is 12.5. The predicted molar refractivity (Wildman–Crippen MR) is 105 cm³/mol. The van der Waals surface area contributed by atoms with Gasteiger partial charge in [-0.15, -0.1) is 10.2 Å². The summed E-state index contributed by atoms with van der Waals surface area (Å²) >= 11 is 1.12. The third-order valence-electron chi connectivity index (χ3n) is 4.09. The highest BCUT2D eigenvalue weighted by Crippen LogP contribution is 2.41. The van der Waals surface area contributed by atoms with Crippen molar-refractivity contribution < 1.29 is 27.8 Å². The zero-order chi connectivity index (χ0) is 21.0. The molecule has 1 atom stereocenters. The second kappa shape index (κ2) is 8.95. The maximum atomic E-state index is 13.0. The Morgan fingerprint density at radius 2 is 1.66 bits per heavy atom. The fourth-order valence-corrected chi connectivity index (χ4v) is 3.39. The number of rotatable bonds is 8. The average Bonchev–Trinajstić information content (AvgIpc) is 3.21. The molecule has 0 N–H and O–H groups in total. The van der Waals surface area contributed by atoms with Crippen LogP contribution in [0, 0.1) is 5.82 Å². The van der Waals surface area contributed by atoms with Gasteiger partial charge in [0.2, 0.25) is 11.6 Å². The van der Waals surface area contributed by atoms with Gasteiger partial charge in [0.05, 0.1) is 26.6 Å². The van der Waals surface area contributed by atoms with Gasteiger partial charge >= 0.3 is 0 Å². The van der Waals surface area contributed by atoms with E-state index in [1.54, 1.807) is 19.1 Å². The molecule has 0 aliphatic heterocycles. The molecule has 0 spiro atoms. The Morgan fingerprint density at radius 3 is 2.21 bits per heavy atom. The topological polar surface area (TPSA) is 83.7 Å². The van der Waals surface area contributed by atoms with Crippen molar-refractivity contribution in [1.29, 1.82) is 0 Å². The van der Waals surface area contributed by atoms with Gasteiger partial charge in [-0.3, -0.25) is 4.79 Å². The molecular weight excluding hydrogens is 399 g/mol.